The number of carbonyl (C=O) groups is 2. The largest absolute Gasteiger partial charge is 0.417 e. The predicted octanol–water partition coefficient (Wildman–Crippen LogP) is 5.01. The molecule has 3 aromatic rings. The van der Waals surface area contributed by atoms with E-state index >= 15 is 0 Å². The molecule has 0 saturated carbocycles. The summed E-state index contributed by atoms with van der Waals surface area (Å²) in [7, 11) is -4.64. The number of benzene rings is 3. The molecule has 0 aromatic heterocycles. The van der Waals surface area contributed by atoms with Crippen molar-refractivity contribution in [3.05, 3.63) is 89.5 Å². The summed E-state index contributed by atoms with van der Waals surface area (Å²) in [5, 5.41) is 5.19. The predicted molar refractivity (Wildman–Crippen MR) is 129 cm³/mol. The number of carbonyl (C=O) groups excluding carboxylic acids is 2. The summed E-state index contributed by atoms with van der Waals surface area (Å²) in [4.78, 5) is 22.0. The Balaban J connectivity index is 2.07. The molecule has 0 aliphatic carbocycles. The summed E-state index contributed by atoms with van der Waals surface area (Å²) in [6.45, 7) is 2.10. The summed E-state index contributed by atoms with van der Waals surface area (Å²) < 4.78 is 69.2. The van der Waals surface area contributed by atoms with Gasteiger partial charge in [0.15, 0.2) is 0 Å². The van der Waals surface area contributed by atoms with Gasteiger partial charge in [-0.1, -0.05) is 36.4 Å². The van der Waals surface area contributed by atoms with Crippen LogP contribution < -0.4 is 10.6 Å². The third-order valence-corrected chi connectivity index (χ3v) is 6.87. The number of rotatable bonds is 8. The van der Waals surface area contributed by atoms with E-state index in [1.165, 1.54) is 19.9 Å². The van der Waals surface area contributed by atoms with E-state index in [4.69, 9.17) is 0 Å². The molecule has 0 aliphatic heterocycles. The number of halogens is 3. The second-order valence-corrected chi connectivity index (χ2v) is 9.94. The van der Waals surface area contributed by atoms with Gasteiger partial charge in [0.25, 0.3) is 0 Å². The van der Waals surface area contributed by atoms with Crippen LogP contribution in [-0.4, -0.2) is 24.5 Å². The monoisotopic (exact) mass is 519 g/mol. The van der Waals surface area contributed by atoms with Gasteiger partial charge in [-0.25, -0.2) is 8.42 Å². The first-order valence-electron chi connectivity index (χ1n) is 10.8. The van der Waals surface area contributed by atoms with E-state index in [1.807, 2.05) is 0 Å². The van der Waals surface area contributed by atoms with Crippen molar-refractivity contribution in [2.24, 2.45) is 0 Å². The Morgan fingerprint density at radius 2 is 1.25 bits per heavy atom. The highest BCUT2D eigenvalue weighted by atomic mass is 32.2. The Hall–Kier alpha value is -3.70. The van der Waals surface area contributed by atoms with Gasteiger partial charge in [0.2, 0.25) is 21.8 Å². The van der Waals surface area contributed by atoms with E-state index < -0.39 is 26.7 Å². The Bertz CT molecular complexity index is 1310. The molecule has 3 aromatic carbocycles. The van der Waals surface area contributed by atoms with E-state index in [0.717, 1.165) is 22.5 Å². The molecule has 0 radical (unpaired) electrons. The maximum atomic E-state index is 13.7. The fourth-order valence-corrected chi connectivity index (χ4v) is 5.23. The molecule has 0 bridgehead atoms. The first-order chi connectivity index (χ1) is 16.9. The third-order valence-electron chi connectivity index (χ3n) is 5.02. The van der Waals surface area contributed by atoms with Gasteiger partial charge >= 0.3 is 6.18 Å². The zero-order valence-corrected chi connectivity index (χ0v) is 20.3. The molecule has 7 nitrogen and oxygen atoms in total. The van der Waals surface area contributed by atoms with Crippen molar-refractivity contribution in [3.8, 4) is 0 Å². The number of anilines is 2. The third kappa shape index (κ3) is 6.92. The number of nitrogens with one attached hydrogen (secondary N) is 2. The smallest absolute Gasteiger partial charge is 0.326 e. The van der Waals surface area contributed by atoms with Gasteiger partial charge in [-0.2, -0.15) is 17.5 Å². The molecule has 36 heavy (non-hydrogen) atoms. The number of alkyl halides is 3. The van der Waals surface area contributed by atoms with Crippen LogP contribution in [0.2, 0.25) is 0 Å². The Labute approximate surface area is 207 Å². The van der Waals surface area contributed by atoms with Gasteiger partial charge < -0.3 is 10.6 Å². The van der Waals surface area contributed by atoms with Crippen molar-refractivity contribution in [1.29, 1.82) is 0 Å². The van der Waals surface area contributed by atoms with Crippen molar-refractivity contribution < 1.29 is 31.2 Å². The number of hydrogen-bond donors (Lipinski definition) is 2. The number of hydrogen-bond acceptors (Lipinski definition) is 4. The fourth-order valence-electron chi connectivity index (χ4n) is 3.60. The maximum Gasteiger partial charge on any atom is 0.417 e. The summed E-state index contributed by atoms with van der Waals surface area (Å²) >= 11 is 0. The van der Waals surface area contributed by atoms with Crippen molar-refractivity contribution in [1.82, 2.24) is 4.31 Å². The molecular formula is C25H24F3N3O4S. The lowest BCUT2D eigenvalue weighted by Gasteiger charge is -2.25. The van der Waals surface area contributed by atoms with Gasteiger partial charge in [-0.3, -0.25) is 9.59 Å². The molecule has 0 unspecified atom stereocenters. The van der Waals surface area contributed by atoms with E-state index in [1.54, 1.807) is 48.5 Å². The van der Waals surface area contributed by atoms with Crippen LogP contribution in [0.5, 0.6) is 0 Å². The van der Waals surface area contributed by atoms with Gasteiger partial charge in [-0.15, -0.1) is 0 Å². The molecule has 0 atom stereocenters. The average Bonchev–Trinajstić information content (AvgIpc) is 2.78. The highest BCUT2D eigenvalue weighted by Crippen LogP contribution is 2.36. The molecule has 0 heterocycles. The molecule has 3 rings (SSSR count). The van der Waals surface area contributed by atoms with Crippen LogP contribution in [0.3, 0.4) is 0 Å². The molecule has 2 N–H and O–H groups in total. The molecule has 2 amide bonds. The molecule has 11 heteroatoms. The minimum atomic E-state index is -4.88. The van der Waals surface area contributed by atoms with Crippen LogP contribution >= 0.6 is 0 Å². The second-order valence-electron chi connectivity index (χ2n) is 8.03. The Morgan fingerprint density at radius 1 is 0.778 bits per heavy atom. The summed E-state index contributed by atoms with van der Waals surface area (Å²) in [6.07, 6.45) is -4.88. The van der Waals surface area contributed by atoms with Gasteiger partial charge in [-0.05, 0) is 47.5 Å². The number of nitrogens with zero attached hydrogens (tertiary/aromatic N) is 1. The summed E-state index contributed by atoms with van der Waals surface area (Å²) in [5.41, 5.74) is 0.468. The SMILES string of the molecule is CC(=O)Nc1cccc(CN(Cc2cccc(NC(C)=O)c2)S(=O)(=O)c2ccccc2C(F)(F)F)c1. The fraction of sp³-hybridized carbons (Fsp3) is 0.200. The maximum absolute atomic E-state index is 13.7. The van der Waals surface area contributed by atoms with Crippen LogP contribution in [0.25, 0.3) is 0 Å². The lowest BCUT2D eigenvalue weighted by atomic mass is 10.1. The minimum Gasteiger partial charge on any atom is -0.326 e. The molecule has 0 saturated heterocycles. The highest BCUT2D eigenvalue weighted by molar-refractivity contribution is 7.89. The van der Waals surface area contributed by atoms with Crippen molar-refractivity contribution >= 4 is 33.2 Å². The molecular weight excluding hydrogens is 495 g/mol. The van der Waals surface area contributed by atoms with E-state index in [9.17, 15) is 31.2 Å². The summed E-state index contributed by atoms with van der Waals surface area (Å²) in [6, 6.07) is 16.7. The highest BCUT2D eigenvalue weighted by Gasteiger charge is 2.39. The Kier molecular flexibility index (Phi) is 8.16. The van der Waals surface area contributed by atoms with Gasteiger partial charge in [0, 0.05) is 38.3 Å². The van der Waals surface area contributed by atoms with Crippen molar-refractivity contribution in [3.63, 3.8) is 0 Å². The summed E-state index contributed by atoms with van der Waals surface area (Å²) in [5.74, 6) is -0.656. The van der Waals surface area contributed by atoms with Crippen LogP contribution in [0.15, 0.2) is 77.7 Å². The number of amides is 2. The van der Waals surface area contributed by atoms with E-state index in [-0.39, 0.29) is 24.9 Å². The second kappa shape index (κ2) is 10.9. The van der Waals surface area contributed by atoms with E-state index in [2.05, 4.69) is 10.6 Å². The van der Waals surface area contributed by atoms with E-state index in [0.29, 0.717) is 22.5 Å². The minimum absolute atomic E-state index is 0.272. The lowest BCUT2D eigenvalue weighted by Crippen LogP contribution is -2.32. The standard InChI is InChI=1S/C25H24F3N3O4S/c1-17(32)29-21-9-5-7-19(13-21)15-31(16-20-8-6-10-22(14-20)30-18(2)33)36(34,35)24-12-4-3-11-23(24)25(26,27)28/h3-14H,15-16H2,1-2H3,(H,29,32)(H,30,33). The molecule has 190 valence electrons. The number of sulfonamides is 1. The van der Waals surface area contributed by atoms with Crippen molar-refractivity contribution in [2.75, 3.05) is 10.6 Å². The first-order valence-corrected chi connectivity index (χ1v) is 12.2. The molecule has 0 fully saturated rings. The van der Waals surface area contributed by atoms with Crippen LogP contribution in [0, 0.1) is 0 Å². The zero-order valence-electron chi connectivity index (χ0n) is 19.5. The zero-order chi connectivity index (χ0) is 26.5. The molecule has 0 spiro atoms. The van der Waals surface area contributed by atoms with Gasteiger partial charge in [0.1, 0.15) is 0 Å². The van der Waals surface area contributed by atoms with Gasteiger partial charge in [0.05, 0.1) is 10.5 Å². The van der Waals surface area contributed by atoms with Crippen molar-refractivity contribution in [2.45, 2.75) is 38.0 Å². The normalized spacial score (nSPS) is 11.8. The average molecular weight is 520 g/mol. The van der Waals surface area contributed by atoms with Crippen LogP contribution in [-0.2, 0) is 38.9 Å². The van der Waals surface area contributed by atoms with Crippen LogP contribution in [0.4, 0.5) is 24.5 Å². The first kappa shape index (κ1) is 26.9. The van der Waals surface area contributed by atoms with Crippen LogP contribution in [0.1, 0.15) is 30.5 Å². The topological polar surface area (TPSA) is 95.6 Å². The Morgan fingerprint density at radius 3 is 1.69 bits per heavy atom. The quantitative estimate of drug-likeness (QED) is 0.437. The molecule has 0 aliphatic rings. The lowest BCUT2D eigenvalue weighted by molar-refractivity contribution is -0.140.